The monoisotopic (exact) mass is 419 g/mol. The average molecular weight is 420 g/mol. The third kappa shape index (κ3) is 4.70. The molecular weight excluding hydrogens is 390 g/mol. The molecule has 3 nitrogen and oxygen atoms in total. The summed E-state index contributed by atoms with van der Waals surface area (Å²) in [6, 6.07) is 6.26. The van der Waals surface area contributed by atoms with Crippen LogP contribution >= 0.6 is 15.9 Å². The zero-order valence-electron chi connectivity index (χ0n) is 16.1. The van der Waals surface area contributed by atoms with Crippen molar-refractivity contribution in [2.45, 2.75) is 51.9 Å². The highest BCUT2D eigenvalue weighted by Gasteiger charge is 2.34. The molecule has 1 heterocycles. The van der Waals surface area contributed by atoms with E-state index in [0.29, 0.717) is 24.9 Å². The van der Waals surface area contributed by atoms with E-state index in [-0.39, 0.29) is 11.3 Å². The zero-order valence-corrected chi connectivity index (χ0v) is 17.7. The first-order valence-electron chi connectivity index (χ1n) is 9.70. The van der Waals surface area contributed by atoms with E-state index in [4.69, 9.17) is 4.74 Å². The Hall–Kier alpha value is -1.29. The van der Waals surface area contributed by atoms with E-state index in [2.05, 4.69) is 65.9 Å². The van der Waals surface area contributed by atoms with Crippen LogP contribution in [0.5, 0.6) is 5.75 Å². The first kappa shape index (κ1) is 19.5. The van der Waals surface area contributed by atoms with Crippen molar-refractivity contribution in [3.05, 3.63) is 40.4 Å². The van der Waals surface area contributed by atoms with Crippen LogP contribution in [0.15, 0.2) is 34.8 Å². The van der Waals surface area contributed by atoms with Crippen molar-refractivity contribution < 1.29 is 9.53 Å². The summed E-state index contributed by atoms with van der Waals surface area (Å²) in [4.78, 5) is 14.5. The van der Waals surface area contributed by atoms with Gasteiger partial charge in [-0.25, -0.2) is 0 Å². The lowest BCUT2D eigenvalue weighted by Crippen LogP contribution is -2.29. The van der Waals surface area contributed by atoms with Gasteiger partial charge in [0.15, 0.2) is 0 Å². The van der Waals surface area contributed by atoms with Gasteiger partial charge in [-0.2, -0.15) is 0 Å². The van der Waals surface area contributed by atoms with Gasteiger partial charge in [-0.3, -0.25) is 4.79 Å². The zero-order chi connectivity index (χ0) is 18.7. The van der Waals surface area contributed by atoms with Crippen molar-refractivity contribution in [1.29, 1.82) is 0 Å². The van der Waals surface area contributed by atoms with E-state index in [1.54, 1.807) is 0 Å². The third-order valence-electron chi connectivity index (χ3n) is 5.56. The molecule has 2 unspecified atom stereocenters. The predicted octanol–water partition coefficient (Wildman–Crippen LogP) is 5.33. The Labute approximate surface area is 165 Å². The number of carbonyl (C=O) groups is 1. The number of nitrogens with zero attached hydrogens (tertiary/aromatic N) is 1. The Morgan fingerprint density at radius 2 is 1.85 bits per heavy atom. The number of ether oxygens (including phenoxy) is 1. The van der Waals surface area contributed by atoms with Gasteiger partial charge in [-0.05, 0) is 70.1 Å². The fourth-order valence-electron chi connectivity index (χ4n) is 3.87. The molecule has 4 heteroatoms. The highest BCUT2D eigenvalue weighted by atomic mass is 79.9. The lowest BCUT2D eigenvalue weighted by molar-refractivity contribution is -0.130. The van der Waals surface area contributed by atoms with Crippen molar-refractivity contribution >= 4 is 21.8 Å². The number of likely N-dealkylation sites (tertiary alicyclic amines) is 1. The Morgan fingerprint density at radius 1 is 1.19 bits per heavy atom. The summed E-state index contributed by atoms with van der Waals surface area (Å²) in [5.74, 6) is 2.49. The average Bonchev–Trinajstić information content (AvgIpc) is 3.03. The van der Waals surface area contributed by atoms with Gasteiger partial charge in [0.2, 0.25) is 5.91 Å². The van der Waals surface area contributed by atoms with E-state index in [1.807, 2.05) is 6.07 Å². The van der Waals surface area contributed by atoms with Crippen LogP contribution in [-0.4, -0.2) is 30.5 Å². The Balaban J connectivity index is 1.42. The third-order valence-corrected chi connectivity index (χ3v) is 6.18. The van der Waals surface area contributed by atoms with E-state index in [9.17, 15) is 4.79 Å². The topological polar surface area (TPSA) is 29.5 Å². The van der Waals surface area contributed by atoms with Crippen LogP contribution in [0.2, 0.25) is 0 Å². The first-order valence-corrected chi connectivity index (χ1v) is 10.5. The van der Waals surface area contributed by atoms with Gasteiger partial charge in [0.1, 0.15) is 5.75 Å². The Morgan fingerprint density at radius 3 is 2.42 bits per heavy atom. The largest absolute Gasteiger partial charge is 0.492 e. The van der Waals surface area contributed by atoms with Crippen molar-refractivity contribution in [2.24, 2.45) is 11.8 Å². The maximum Gasteiger partial charge on any atom is 0.222 e. The van der Waals surface area contributed by atoms with Gasteiger partial charge >= 0.3 is 0 Å². The number of fused-ring (bicyclic) bond motifs is 1. The molecule has 0 aromatic heterocycles. The molecule has 3 rings (SSSR count). The van der Waals surface area contributed by atoms with Gasteiger partial charge in [0.05, 0.1) is 11.1 Å². The number of hydrogen-bond donors (Lipinski definition) is 0. The van der Waals surface area contributed by atoms with E-state index < -0.39 is 0 Å². The molecule has 142 valence electrons. The Bertz CT molecular complexity index is 661. The van der Waals surface area contributed by atoms with Crippen molar-refractivity contribution in [3.8, 4) is 5.75 Å². The maximum atomic E-state index is 12.5. The highest BCUT2D eigenvalue weighted by molar-refractivity contribution is 9.10. The fraction of sp³-hybridized carbons (Fsp3) is 0.591. The fourth-order valence-corrected chi connectivity index (χ4v) is 4.36. The molecular formula is C22H30BrNO2. The highest BCUT2D eigenvalue weighted by Crippen LogP contribution is 2.33. The maximum absolute atomic E-state index is 12.5. The summed E-state index contributed by atoms with van der Waals surface area (Å²) in [6.45, 7) is 9.05. The van der Waals surface area contributed by atoms with Crippen LogP contribution in [-0.2, 0) is 10.2 Å². The number of benzene rings is 1. The number of hydrogen-bond acceptors (Lipinski definition) is 2. The number of rotatable bonds is 5. The molecule has 1 fully saturated rings. The molecule has 26 heavy (non-hydrogen) atoms. The van der Waals surface area contributed by atoms with Gasteiger partial charge in [-0.1, -0.05) is 39.0 Å². The molecule has 1 aliphatic carbocycles. The van der Waals surface area contributed by atoms with Crippen LogP contribution in [0.4, 0.5) is 0 Å². The minimum Gasteiger partial charge on any atom is -0.492 e. The lowest BCUT2D eigenvalue weighted by Gasteiger charge is -2.20. The smallest absolute Gasteiger partial charge is 0.222 e. The van der Waals surface area contributed by atoms with Gasteiger partial charge < -0.3 is 9.64 Å². The molecule has 1 aromatic carbocycles. The minimum atomic E-state index is 0.121. The number of allylic oxidation sites excluding steroid dienone is 2. The second-order valence-electron chi connectivity index (χ2n) is 8.61. The standard InChI is InChI=1S/C22H30BrNO2/c1-22(2,3)18-10-11-20(19(23)13-18)26-12-6-9-21(25)24-14-16-7-4-5-8-17(16)15-24/h4-5,10-11,13,16-17H,6-9,12,14-15H2,1-3H3. The summed E-state index contributed by atoms with van der Waals surface area (Å²) < 4.78 is 6.86. The van der Waals surface area contributed by atoms with Crippen LogP contribution < -0.4 is 4.74 Å². The molecule has 0 saturated carbocycles. The second kappa shape index (κ2) is 8.16. The van der Waals surface area contributed by atoms with Crippen LogP contribution in [0.25, 0.3) is 0 Å². The molecule has 1 amide bonds. The number of halogens is 1. The molecule has 0 radical (unpaired) electrons. The molecule has 1 saturated heterocycles. The first-order chi connectivity index (χ1) is 12.3. The Kier molecular flexibility index (Phi) is 6.11. The van der Waals surface area contributed by atoms with Crippen molar-refractivity contribution in [3.63, 3.8) is 0 Å². The second-order valence-corrected chi connectivity index (χ2v) is 9.46. The molecule has 2 aliphatic rings. The molecule has 1 aliphatic heterocycles. The molecule has 2 atom stereocenters. The van der Waals surface area contributed by atoms with Crippen LogP contribution in [0.3, 0.4) is 0 Å². The van der Waals surface area contributed by atoms with Crippen molar-refractivity contribution in [2.75, 3.05) is 19.7 Å². The van der Waals surface area contributed by atoms with Crippen LogP contribution in [0.1, 0.15) is 52.0 Å². The van der Waals surface area contributed by atoms with Gasteiger partial charge in [-0.15, -0.1) is 0 Å². The van der Waals surface area contributed by atoms with Gasteiger partial charge in [0, 0.05) is 19.5 Å². The van der Waals surface area contributed by atoms with Gasteiger partial charge in [0.25, 0.3) is 0 Å². The summed E-state index contributed by atoms with van der Waals surface area (Å²) in [7, 11) is 0. The summed E-state index contributed by atoms with van der Waals surface area (Å²) in [5, 5.41) is 0. The SMILES string of the molecule is CC(C)(C)c1ccc(OCCCC(=O)N2CC3CC=CCC3C2)c(Br)c1. The molecule has 0 bridgehead atoms. The summed E-state index contributed by atoms with van der Waals surface area (Å²) in [6.07, 6.45) is 8.14. The van der Waals surface area contributed by atoms with E-state index in [0.717, 1.165) is 42.6 Å². The van der Waals surface area contributed by atoms with Crippen molar-refractivity contribution in [1.82, 2.24) is 4.90 Å². The van der Waals surface area contributed by atoms with E-state index >= 15 is 0 Å². The quantitative estimate of drug-likeness (QED) is 0.476. The lowest BCUT2D eigenvalue weighted by atomic mass is 9.86. The molecule has 0 N–H and O–H groups in total. The predicted molar refractivity (Wildman–Crippen MR) is 110 cm³/mol. The molecule has 1 aromatic rings. The minimum absolute atomic E-state index is 0.121. The normalized spacial score (nSPS) is 22.4. The number of carbonyl (C=O) groups excluding carboxylic acids is 1. The number of amides is 1. The van der Waals surface area contributed by atoms with Crippen LogP contribution in [0, 0.1) is 11.8 Å². The van der Waals surface area contributed by atoms with E-state index in [1.165, 1.54) is 5.56 Å². The summed E-state index contributed by atoms with van der Waals surface area (Å²) in [5.41, 5.74) is 1.40. The molecule has 0 spiro atoms. The summed E-state index contributed by atoms with van der Waals surface area (Å²) >= 11 is 3.60.